The maximum atomic E-state index is 5.87. The standard InChI is InChI=1S/C14H24O/c1-3-5-6-7-8-10-14-12-11-13(15-14)9-4-2/h2,13-14H,3,5-12H2,1H3. The van der Waals surface area contributed by atoms with Gasteiger partial charge in [0.05, 0.1) is 12.2 Å². The molecule has 1 fully saturated rings. The van der Waals surface area contributed by atoms with Crippen molar-refractivity contribution >= 4 is 0 Å². The quantitative estimate of drug-likeness (QED) is 0.455. The Morgan fingerprint density at radius 1 is 1.13 bits per heavy atom. The molecule has 1 aliphatic rings. The number of terminal acetylenes is 1. The van der Waals surface area contributed by atoms with E-state index < -0.39 is 0 Å². The zero-order valence-electron chi connectivity index (χ0n) is 10.0. The van der Waals surface area contributed by atoms with Crippen molar-refractivity contribution < 1.29 is 4.74 Å². The largest absolute Gasteiger partial charge is 0.374 e. The smallest absolute Gasteiger partial charge is 0.0688 e. The van der Waals surface area contributed by atoms with Crippen molar-refractivity contribution in [2.24, 2.45) is 0 Å². The monoisotopic (exact) mass is 208 g/mol. The van der Waals surface area contributed by atoms with Crippen LogP contribution in [0.15, 0.2) is 0 Å². The summed E-state index contributed by atoms with van der Waals surface area (Å²) in [5.41, 5.74) is 0. The minimum atomic E-state index is 0.357. The fraction of sp³-hybridized carbons (Fsp3) is 0.857. The summed E-state index contributed by atoms with van der Waals surface area (Å²) >= 11 is 0. The molecule has 0 saturated carbocycles. The van der Waals surface area contributed by atoms with Crippen molar-refractivity contribution in [3.05, 3.63) is 0 Å². The number of hydrogen-bond donors (Lipinski definition) is 0. The van der Waals surface area contributed by atoms with Crippen molar-refractivity contribution in [3.63, 3.8) is 0 Å². The van der Waals surface area contributed by atoms with Crippen molar-refractivity contribution in [1.82, 2.24) is 0 Å². The van der Waals surface area contributed by atoms with Gasteiger partial charge in [0, 0.05) is 6.42 Å². The van der Waals surface area contributed by atoms with Gasteiger partial charge < -0.3 is 4.74 Å². The fourth-order valence-corrected chi connectivity index (χ4v) is 2.25. The molecule has 1 aliphatic heterocycles. The molecule has 1 nitrogen and oxygen atoms in total. The van der Waals surface area contributed by atoms with Gasteiger partial charge in [0.1, 0.15) is 0 Å². The lowest BCUT2D eigenvalue weighted by molar-refractivity contribution is 0.0422. The molecule has 0 radical (unpaired) electrons. The van der Waals surface area contributed by atoms with Gasteiger partial charge >= 0.3 is 0 Å². The molecule has 2 unspecified atom stereocenters. The summed E-state index contributed by atoms with van der Waals surface area (Å²) in [5.74, 6) is 2.69. The first-order valence-electron chi connectivity index (χ1n) is 6.45. The zero-order chi connectivity index (χ0) is 10.9. The van der Waals surface area contributed by atoms with Crippen LogP contribution >= 0.6 is 0 Å². The first-order valence-corrected chi connectivity index (χ1v) is 6.45. The molecule has 86 valence electrons. The number of unbranched alkanes of at least 4 members (excludes halogenated alkanes) is 4. The maximum Gasteiger partial charge on any atom is 0.0688 e. The Morgan fingerprint density at radius 3 is 2.60 bits per heavy atom. The van der Waals surface area contributed by atoms with E-state index >= 15 is 0 Å². The van der Waals surface area contributed by atoms with Crippen molar-refractivity contribution in [1.29, 1.82) is 0 Å². The molecule has 0 aromatic rings. The van der Waals surface area contributed by atoms with Gasteiger partial charge in [0.2, 0.25) is 0 Å². The van der Waals surface area contributed by atoms with Crippen LogP contribution in [0.5, 0.6) is 0 Å². The van der Waals surface area contributed by atoms with Gasteiger partial charge in [0.25, 0.3) is 0 Å². The van der Waals surface area contributed by atoms with Gasteiger partial charge in [-0.2, -0.15) is 0 Å². The Labute approximate surface area is 94.6 Å². The predicted molar refractivity (Wildman–Crippen MR) is 64.7 cm³/mol. The first-order chi connectivity index (χ1) is 7.36. The topological polar surface area (TPSA) is 9.23 Å². The lowest BCUT2D eigenvalue weighted by Crippen LogP contribution is -2.10. The van der Waals surface area contributed by atoms with Gasteiger partial charge in [-0.15, -0.1) is 12.3 Å². The minimum Gasteiger partial charge on any atom is -0.374 e. The summed E-state index contributed by atoms with van der Waals surface area (Å²) in [6.45, 7) is 2.25. The van der Waals surface area contributed by atoms with E-state index in [1.165, 1.54) is 51.4 Å². The highest BCUT2D eigenvalue weighted by Gasteiger charge is 2.23. The van der Waals surface area contributed by atoms with E-state index in [9.17, 15) is 0 Å². The van der Waals surface area contributed by atoms with Crippen molar-refractivity contribution in [2.45, 2.75) is 76.9 Å². The lowest BCUT2D eigenvalue weighted by Gasteiger charge is -2.11. The molecule has 0 bridgehead atoms. The molecule has 1 rings (SSSR count). The van der Waals surface area contributed by atoms with Crippen LogP contribution < -0.4 is 0 Å². The second-order valence-electron chi connectivity index (χ2n) is 4.57. The molecule has 0 aromatic heterocycles. The first kappa shape index (κ1) is 12.6. The summed E-state index contributed by atoms with van der Waals surface area (Å²) in [5, 5.41) is 0. The normalized spacial score (nSPS) is 25.3. The van der Waals surface area contributed by atoms with Crippen molar-refractivity contribution in [3.8, 4) is 12.3 Å². The third kappa shape index (κ3) is 5.23. The number of hydrogen-bond acceptors (Lipinski definition) is 1. The highest BCUT2D eigenvalue weighted by molar-refractivity contribution is 4.89. The molecule has 15 heavy (non-hydrogen) atoms. The van der Waals surface area contributed by atoms with E-state index in [1.54, 1.807) is 0 Å². The van der Waals surface area contributed by atoms with E-state index in [4.69, 9.17) is 11.2 Å². The van der Waals surface area contributed by atoms with E-state index in [-0.39, 0.29) is 0 Å². The molecule has 0 amide bonds. The predicted octanol–water partition coefficient (Wildman–Crippen LogP) is 3.92. The third-order valence-corrected chi connectivity index (χ3v) is 3.17. The highest BCUT2D eigenvalue weighted by Crippen LogP contribution is 2.25. The van der Waals surface area contributed by atoms with Crippen LogP contribution in [-0.2, 0) is 4.74 Å². The molecule has 1 saturated heterocycles. The summed E-state index contributed by atoms with van der Waals surface area (Å²) in [4.78, 5) is 0. The fourth-order valence-electron chi connectivity index (χ4n) is 2.25. The second-order valence-corrected chi connectivity index (χ2v) is 4.57. The Morgan fingerprint density at radius 2 is 1.87 bits per heavy atom. The molecule has 0 aromatic carbocycles. The van der Waals surface area contributed by atoms with E-state index in [1.807, 2.05) is 0 Å². The molecule has 1 heteroatoms. The summed E-state index contributed by atoms with van der Waals surface area (Å²) in [6.07, 6.45) is 17.4. The average molecular weight is 208 g/mol. The second kappa shape index (κ2) is 7.77. The van der Waals surface area contributed by atoms with E-state index in [0.29, 0.717) is 12.2 Å². The third-order valence-electron chi connectivity index (χ3n) is 3.17. The van der Waals surface area contributed by atoms with Gasteiger partial charge in [0.15, 0.2) is 0 Å². The van der Waals surface area contributed by atoms with Crippen LogP contribution in [0.25, 0.3) is 0 Å². The Balaban J connectivity index is 1.97. The number of rotatable bonds is 7. The van der Waals surface area contributed by atoms with E-state index in [2.05, 4.69) is 12.8 Å². The lowest BCUT2D eigenvalue weighted by atomic mass is 10.1. The number of ether oxygens (including phenoxy) is 1. The molecular formula is C14H24O. The summed E-state index contributed by atoms with van der Waals surface area (Å²) in [6, 6.07) is 0. The molecular weight excluding hydrogens is 184 g/mol. The Hall–Kier alpha value is -0.480. The van der Waals surface area contributed by atoms with Gasteiger partial charge in [-0.1, -0.05) is 39.0 Å². The van der Waals surface area contributed by atoms with Crippen LogP contribution in [0.4, 0.5) is 0 Å². The molecule has 2 atom stereocenters. The Bertz CT molecular complexity index is 192. The summed E-state index contributed by atoms with van der Waals surface area (Å²) in [7, 11) is 0. The molecule has 0 N–H and O–H groups in total. The molecule has 0 spiro atoms. The highest BCUT2D eigenvalue weighted by atomic mass is 16.5. The van der Waals surface area contributed by atoms with Crippen molar-refractivity contribution in [2.75, 3.05) is 0 Å². The van der Waals surface area contributed by atoms with Gasteiger partial charge in [-0.3, -0.25) is 0 Å². The average Bonchev–Trinajstić information content (AvgIpc) is 2.66. The van der Waals surface area contributed by atoms with Crippen LogP contribution in [-0.4, -0.2) is 12.2 Å². The zero-order valence-corrected chi connectivity index (χ0v) is 10.0. The van der Waals surface area contributed by atoms with Crippen LogP contribution in [0.3, 0.4) is 0 Å². The molecule has 0 aliphatic carbocycles. The maximum absolute atomic E-state index is 5.87. The van der Waals surface area contributed by atoms with Crippen LogP contribution in [0.2, 0.25) is 0 Å². The van der Waals surface area contributed by atoms with Gasteiger partial charge in [-0.05, 0) is 19.3 Å². The minimum absolute atomic E-state index is 0.357. The summed E-state index contributed by atoms with van der Waals surface area (Å²) < 4.78 is 5.87. The Kier molecular flexibility index (Phi) is 6.52. The SMILES string of the molecule is C#CCC1CCC(CCCCCCC)O1. The van der Waals surface area contributed by atoms with E-state index in [0.717, 1.165) is 6.42 Å². The van der Waals surface area contributed by atoms with Crippen LogP contribution in [0, 0.1) is 12.3 Å². The molecule has 1 heterocycles. The van der Waals surface area contributed by atoms with Crippen LogP contribution in [0.1, 0.15) is 64.7 Å². The van der Waals surface area contributed by atoms with Gasteiger partial charge in [-0.25, -0.2) is 0 Å².